The van der Waals surface area contributed by atoms with Gasteiger partial charge in [0.05, 0.1) is 17.8 Å². The number of hydrogen-bond acceptors (Lipinski definition) is 2. The van der Waals surface area contributed by atoms with Crippen molar-refractivity contribution in [1.82, 2.24) is 9.78 Å². The fraction of sp³-hybridized carbons (Fsp3) is 0.300. The molecule has 1 aliphatic rings. The molecule has 1 aromatic carbocycles. The molecule has 0 unspecified atom stereocenters. The molecular weight excluding hydrogens is 164 g/mol. The van der Waals surface area contributed by atoms with Gasteiger partial charge in [0.15, 0.2) is 0 Å². The van der Waals surface area contributed by atoms with Crippen molar-refractivity contribution >= 4 is 10.9 Å². The Morgan fingerprint density at radius 3 is 3.00 bits per heavy atom. The van der Waals surface area contributed by atoms with Gasteiger partial charge in [-0.05, 0) is 6.07 Å². The van der Waals surface area contributed by atoms with Gasteiger partial charge in [-0.25, -0.2) is 0 Å². The minimum absolute atomic E-state index is 0.275. The SMILES string of the molecule is Cn1nc2ccccc2c1[C@H]1CO1. The van der Waals surface area contributed by atoms with Crippen LogP contribution in [0.15, 0.2) is 24.3 Å². The third-order valence-corrected chi connectivity index (χ3v) is 2.42. The van der Waals surface area contributed by atoms with Gasteiger partial charge in [-0.15, -0.1) is 0 Å². The highest BCUT2D eigenvalue weighted by molar-refractivity contribution is 5.82. The zero-order valence-corrected chi connectivity index (χ0v) is 7.40. The van der Waals surface area contributed by atoms with Crippen molar-refractivity contribution in [3.8, 4) is 0 Å². The van der Waals surface area contributed by atoms with Crippen LogP contribution in [0.3, 0.4) is 0 Å². The molecule has 0 aliphatic carbocycles. The molecule has 0 N–H and O–H groups in total. The van der Waals surface area contributed by atoms with Crippen molar-refractivity contribution in [3.05, 3.63) is 30.0 Å². The molecule has 1 saturated heterocycles. The quantitative estimate of drug-likeness (QED) is 0.615. The maximum Gasteiger partial charge on any atom is 0.123 e. The molecule has 13 heavy (non-hydrogen) atoms. The Labute approximate surface area is 75.9 Å². The fourth-order valence-electron chi connectivity index (χ4n) is 1.76. The van der Waals surface area contributed by atoms with E-state index in [4.69, 9.17) is 4.74 Å². The summed E-state index contributed by atoms with van der Waals surface area (Å²) in [6.45, 7) is 0.837. The van der Waals surface area contributed by atoms with E-state index in [1.54, 1.807) is 0 Å². The Morgan fingerprint density at radius 2 is 2.23 bits per heavy atom. The van der Waals surface area contributed by atoms with Crippen molar-refractivity contribution in [3.63, 3.8) is 0 Å². The van der Waals surface area contributed by atoms with Crippen LogP contribution in [0.4, 0.5) is 0 Å². The molecule has 2 aromatic rings. The first-order valence-electron chi connectivity index (χ1n) is 4.39. The fourth-order valence-corrected chi connectivity index (χ4v) is 1.76. The maximum atomic E-state index is 5.28. The molecule has 0 bridgehead atoms. The monoisotopic (exact) mass is 174 g/mol. The van der Waals surface area contributed by atoms with Crippen LogP contribution in [0.1, 0.15) is 11.8 Å². The van der Waals surface area contributed by atoms with Gasteiger partial charge in [0.2, 0.25) is 0 Å². The molecule has 2 heterocycles. The van der Waals surface area contributed by atoms with Crippen LogP contribution in [0.5, 0.6) is 0 Å². The summed E-state index contributed by atoms with van der Waals surface area (Å²) in [4.78, 5) is 0. The van der Waals surface area contributed by atoms with Gasteiger partial charge in [-0.3, -0.25) is 4.68 Å². The van der Waals surface area contributed by atoms with E-state index in [2.05, 4.69) is 11.2 Å². The molecule has 0 spiro atoms. The topological polar surface area (TPSA) is 30.4 Å². The van der Waals surface area contributed by atoms with Crippen molar-refractivity contribution in [1.29, 1.82) is 0 Å². The molecule has 1 fully saturated rings. The van der Waals surface area contributed by atoms with E-state index in [0.717, 1.165) is 12.1 Å². The Balaban J connectivity index is 2.35. The second-order valence-corrected chi connectivity index (χ2v) is 3.35. The number of aromatic nitrogens is 2. The molecule has 3 heteroatoms. The lowest BCUT2D eigenvalue weighted by Crippen LogP contribution is -1.96. The second kappa shape index (κ2) is 2.33. The highest BCUT2D eigenvalue weighted by atomic mass is 16.6. The lowest BCUT2D eigenvalue weighted by molar-refractivity contribution is 0.405. The van der Waals surface area contributed by atoms with E-state index in [9.17, 15) is 0 Å². The first-order valence-corrected chi connectivity index (χ1v) is 4.39. The highest BCUT2D eigenvalue weighted by Crippen LogP contribution is 2.34. The van der Waals surface area contributed by atoms with Gasteiger partial charge in [-0.1, -0.05) is 18.2 Å². The summed E-state index contributed by atoms with van der Waals surface area (Å²) in [5.74, 6) is 0. The van der Waals surface area contributed by atoms with Gasteiger partial charge in [0.1, 0.15) is 6.10 Å². The van der Waals surface area contributed by atoms with Gasteiger partial charge in [-0.2, -0.15) is 5.10 Å². The predicted molar refractivity (Wildman–Crippen MR) is 49.4 cm³/mol. The van der Waals surface area contributed by atoms with Crippen LogP contribution in [0.25, 0.3) is 10.9 Å². The largest absolute Gasteiger partial charge is 0.366 e. The van der Waals surface area contributed by atoms with Crippen LogP contribution in [-0.2, 0) is 11.8 Å². The summed E-state index contributed by atoms with van der Waals surface area (Å²) in [7, 11) is 1.97. The average Bonchev–Trinajstić information content (AvgIpc) is 2.88. The number of hydrogen-bond donors (Lipinski definition) is 0. The number of aryl methyl sites for hydroxylation is 1. The maximum absolute atomic E-state index is 5.28. The second-order valence-electron chi connectivity index (χ2n) is 3.35. The third kappa shape index (κ3) is 0.971. The van der Waals surface area contributed by atoms with Crippen molar-refractivity contribution in [2.75, 3.05) is 6.61 Å². The summed E-state index contributed by atoms with van der Waals surface area (Å²) in [5.41, 5.74) is 2.26. The molecule has 0 amide bonds. The molecule has 0 saturated carbocycles. The van der Waals surface area contributed by atoms with E-state index in [0.29, 0.717) is 0 Å². The standard InChI is InChI=1S/C10H10N2O/c1-12-10(9-6-13-9)7-4-2-3-5-8(7)11-12/h2-5,9H,6H2,1H3/t9-/m1/s1. The summed E-state index contributed by atoms with van der Waals surface area (Å²) in [5, 5.41) is 5.63. The number of benzene rings is 1. The van der Waals surface area contributed by atoms with E-state index in [1.165, 1.54) is 11.1 Å². The van der Waals surface area contributed by atoms with Crippen LogP contribution in [0.2, 0.25) is 0 Å². The van der Waals surface area contributed by atoms with Crippen molar-refractivity contribution in [2.24, 2.45) is 7.05 Å². The van der Waals surface area contributed by atoms with Crippen LogP contribution >= 0.6 is 0 Å². The predicted octanol–water partition coefficient (Wildman–Crippen LogP) is 1.64. The summed E-state index contributed by atoms with van der Waals surface area (Å²) >= 11 is 0. The Bertz CT molecular complexity index is 457. The average molecular weight is 174 g/mol. The van der Waals surface area contributed by atoms with Crippen LogP contribution in [-0.4, -0.2) is 16.4 Å². The number of ether oxygens (including phenoxy) is 1. The Hall–Kier alpha value is -1.35. The molecule has 0 radical (unpaired) electrons. The van der Waals surface area contributed by atoms with Gasteiger partial charge in [0, 0.05) is 12.4 Å². The summed E-state index contributed by atoms with van der Waals surface area (Å²) in [6.07, 6.45) is 0.275. The Kier molecular flexibility index (Phi) is 1.27. The highest BCUT2D eigenvalue weighted by Gasteiger charge is 2.30. The Morgan fingerprint density at radius 1 is 1.46 bits per heavy atom. The molecule has 3 nitrogen and oxygen atoms in total. The smallest absolute Gasteiger partial charge is 0.123 e. The number of epoxide rings is 1. The van der Waals surface area contributed by atoms with E-state index < -0.39 is 0 Å². The van der Waals surface area contributed by atoms with Gasteiger partial charge < -0.3 is 4.74 Å². The lowest BCUT2D eigenvalue weighted by atomic mass is 10.2. The third-order valence-electron chi connectivity index (χ3n) is 2.42. The molecular formula is C10H10N2O. The normalized spacial score (nSPS) is 20.8. The minimum atomic E-state index is 0.275. The molecule has 1 aromatic heterocycles. The molecule has 66 valence electrons. The summed E-state index contributed by atoms with van der Waals surface area (Å²) in [6, 6.07) is 8.17. The van der Waals surface area contributed by atoms with E-state index in [-0.39, 0.29) is 6.10 Å². The minimum Gasteiger partial charge on any atom is -0.366 e. The first kappa shape index (κ1) is 7.09. The van der Waals surface area contributed by atoms with Crippen LogP contribution in [0, 0.1) is 0 Å². The zero-order valence-electron chi connectivity index (χ0n) is 7.40. The summed E-state index contributed by atoms with van der Waals surface area (Å²) < 4.78 is 7.20. The molecule has 1 aliphatic heterocycles. The van der Waals surface area contributed by atoms with Gasteiger partial charge in [0.25, 0.3) is 0 Å². The molecule has 1 atom stereocenters. The number of fused-ring (bicyclic) bond motifs is 1. The number of rotatable bonds is 1. The molecule has 3 rings (SSSR count). The van der Waals surface area contributed by atoms with Crippen LogP contribution < -0.4 is 0 Å². The lowest BCUT2D eigenvalue weighted by Gasteiger charge is -1.95. The van der Waals surface area contributed by atoms with Gasteiger partial charge >= 0.3 is 0 Å². The van der Waals surface area contributed by atoms with E-state index >= 15 is 0 Å². The zero-order chi connectivity index (χ0) is 8.84. The first-order chi connectivity index (χ1) is 6.36. The van der Waals surface area contributed by atoms with Crippen molar-refractivity contribution in [2.45, 2.75) is 6.10 Å². The van der Waals surface area contributed by atoms with Crippen molar-refractivity contribution < 1.29 is 4.74 Å². The van der Waals surface area contributed by atoms with E-state index in [1.807, 2.05) is 29.9 Å². The number of nitrogens with zero attached hydrogens (tertiary/aromatic N) is 2.